The van der Waals surface area contributed by atoms with E-state index in [4.69, 9.17) is 0 Å². The van der Waals surface area contributed by atoms with Crippen molar-refractivity contribution in [2.24, 2.45) is 0 Å². The Morgan fingerprint density at radius 2 is 2.25 bits per heavy atom. The second-order valence-electron chi connectivity index (χ2n) is 5.43. The van der Waals surface area contributed by atoms with E-state index in [1.807, 2.05) is 32.2 Å². The van der Waals surface area contributed by atoms with Gasteiger partial charge in [-0.1, -0.05) is 13.0 Å². The fourth-order valence-electron chi connectivity index (χ4n) is 2.91. The number of benzene rings is 1. The van der Waals surface area contributed by atoms with Crippen molar-refractivity contribution in [3.8, 4) is 0 Å². The largest absolute Gasteiger partial charge is 0.387 e. The average molecular weight is 275 g/mol. The van der Waals surface area contributed by atoms with Crippen LogP contribution < -0.4 is 10.6 Å². The summed E-state index contributed by atoms with van der Waals surface area (Å²) in [5.74, 6) is 0.0114. The maximum atomic E-state index is 12.3. The number of nitrogens with one attached hydrogen (secondary N) is 2. The molecule has 1 aromatic carbocycles. The molecule has 4 nitrogen and oxygen atoms in total. The Labute approximate surface area is 121 Å². The van der Waals surface area contributed by atoms with Crippen molar-refractivity contribution >= 4 is 11.6 Å². The van der Waals surface area contributed by atoms with Crippen molar-refractivity contribution in [1.82, 2.24) is 10.2 Å². The zero-order chi connectivity index (χ0) is 14.5. The van der Waals surface area contributed by atoms with Gasteiger partial charge in [0.2, 0.25) is 0 Å². The van der Waals surface area contributed by atoms with E-state index in [9.17, 15) is 4.79 Å². The van der Waals surface area contributed by atoms with Crippen molar-refractivity contribution < 1.29 is 4.79 Å². The van der Waals surface area contributed by atoms with Gasteiger partial charge in [0.15, 0.2) is 0 Å². The molecule has 1 unspecified atom stereocenters. The number of hydrogen-bond acceptors (Lipinski definition) is 3. The number of nitrogens with zero attached hydrogens (tertiary/aromatic N) is 1. The first kappa shape index (κ1) is 14.9. The van der Waals surface area contributed by atoms with Gasteiger partial charge in [0.25, 0.3) is 5.91 Å². The van der Waals surface area contributed by atoms with E-state index < -0.39 is 0 Å². The average Bonchev–Trinajstić information content (AvgIpc) is 2.92. The maximum absolute atomic E-state index is 12.3. The third-order valence-electron chi connectivity index (χ3n) is 4.09. The zero-order valence-electron chi connectivity index (χ0n) is 12.7. The van der Waals surface area contributed by atoms with Crippen LogP contribution in [0.3, 0.4) is 0 Å². The summed E-state index contributed by atoms with van der Waals surface area (Å²) in [5.41, 5.74) is 2.76. The van der Waals surface area contributed by atoms with E-state index >= 15 is 0 Å². The normalized spacial score (nSPS) is 19.1. The predicted molar refractivity (Wildman–Crippen MR) is 83.3 cm³/mol. The quantitative estimate of drug-likeness (QED) is 0.866. The number of anilines is 1. The van der Waals surface area contributed by atoms with E-state index in [-0.39, 0.29) is 5.91 Å². The smallest absolute Gasteiger partial charge is 0.253 e. The van der Waals surface area contributed by atoms with E-state index in [1.54, 1.807) is 0 Å². The highest BCUT2D eigenvalue weighted by Crippen LogP contribution is 2.18. The number of likely N-dealkylation sites (N-methyl/N-ethyl adjacent to an activating group) is 1. The van der Waals surface area contributed by atoms with Gasteiger partial charge in [-0.15, -0.1) is 0 Å². The molecule has 1 aliphatic heterocycles. The minimum Gasteiger partial charge on any atom is -0.387 e. The summed E-state index contributed by atoms with van der Waals surface area (Å²) in [5, 5.41) is 6.17. The number of likely N-dealkylation sites (tertiary alicyclic amines) is 1. The number of aryl methyl sites for hydroxylation is 1. The summed E-state index contributed by atoms with van der Waals surface area (Å²) in [6.07, 6.45) is 2.42. The zero-order valence-corrected chi connectivity index (χ0v) is 12.7. The maximum Gasteiger partial charge on any atom is 0.253 e. The van der Waals surface area contributed by atoms with Crippen LogP contribution >= 0.6 is 0 Å². The minimum atomic E-state index is 0.0114. The van der Waals surface area contributed by atoms with E-state index in [2.05, 4.69) is 22.5 Å². The molecule has 1 aromatic rings. The van der Waals surface area contributed by atoms with Crippen LogP contribution in [0.25, 0.3) is 0 Å². The molecule has 0 radical (unpaired) electrons. The Kier molecular flexibility index (Phi) is 5.01. The molecule has 0 bridgehead atoms. The first-order valence-electron chi connectivity index (χ1n) is 7.46. The molecule has 20 heavy (non-hydrogen) atoms. The van der Waals surface area contributed by atoms with Crippen LogP contribution in [-0.4, -0.2) is 43.5 Å². The Morgan fingerprint density at radius 3 is 2.95 bits per heavy atom. The molecular formula is C16H25N3O. The van der Waals surface area contributed by atoms with Crippen molar-refractivity contribution in [2.75, 3.05) is 32.0 Å². The first-order valence-corrected chi connectivity index (χ1v) is 7.46. The molecule has 1 fully saturated rings. The molecule has 1 atom stereocenters. The molecule has 1 amide bonds. The highest BCUT2D eigenvalue weighted by Gasteiger charge is 2.23. The predicted octanol–water partition coefficient (Wildman–Crippen LogP) is 2.25. The SMILES string of the molecule is CCN1CCCC1CNC(=O)c1ccc(C)cc1NC. The molecule has 4 heteroatoms. The molecule has 2 N–H and O–H groups in total. The molecule has 1 aliphatic rings. The molecule has 110 valence electrons. The molecular weight excluding hydrogens is 250 g/mol. The molecule has 0 saturated carbocycles. The number of carbonyl (C=O) groups excluding carboxylic acids is 1. The lowest BCUT2D eigenvalue weighted by atomic mass is 10.1. The summed E-state index contributed by atoms with van der Waals surface area (Å²) in [6.45, 7) is 7.17. The van der Waals surface area contributed by atoms with Crippen molar-refractivity contribution in [3.63, 3.8) is 0 Å². The van der Waals surface area contributed by atoms with Gasteiger partial charge < -0.3 is 10.6 Å². The van der Waals surface area contributed by atoms with Gasteiger partial charge in [0, 0.05) is 25.3 Å². The topological polar surface area (TPSA) is 44.4 Å². The molecule has 2 rings (SSSR count). The Balaban J connectivity index is 1.98. The molecule has 0 aliphatic carbocycles. The third-order valence-corrected chi connectivity index (χ3v) is 4.09. The van der Waals surface area contributed by atoms with Gasteiger partial charge in [0.05, 0.1) is 5.56 Å². The summed E-state index contributed by atoms with van der Waals surface area (Å²) in [4.78, 5) is 14.8. The number of rotatable bonds is 5. The Bertz CT molecular complexity index is 473. The van der Waals surface area contributed by atoms with Crippen LogP contribution in [0.1, 0.15) is 35.7 Å². The molecule has 0 spiro atoms. The van der Waals surface area contributed by atoms with Gasteiger partial charge in [-0.3, -0.25) is 9.69 Å². The fourth-order valence-corrected chi connectivity index (χ4v) is 2.91. The van der Waals surface area contributed by atoms with Crippen molar-refractivity contribution in [2.45, 2.75) is 32.7 Å². The summed E-state index contributed by atoms with van der Waals surface area (Å²) >= 11 is 0. The van der Waals surface area contributed by atoms with Gasteiger partial charge in [-0.05, 0) is 50.6 Å². The van der Waals surface area contributed by atoms with Crippen LogP contribution in [0.4, 0.5) is 5.69 Å². The number of carbonyl (C=O) groups is 1. The second kappa shape index (κ2) is 6.75. The summed E-state index contributed by atoms with van der Waals surface area (Å²) in [7, 11) is 1.85. The van der Waals surface area contributed by atoms with Crippen LogP contribution in [0.2, 0.25) is 0 Å². The minimum absolute atomic E-state index is 0.0114. The standard InChI is InChI=1S/C16H25N3O/c1-4-19-9-5-6-13(19)11-18-16(20)14-8-7-12(2)10-15(14)17-3/h7-8,10,13,17H,4-6,9,11H2,1-3H3,(H,18,20). The third kappa shape index (κ3) is 3.31. The number of hydrogen-bond donors (Lipinski definition) is 2. The Hall–Kier alpha value is -1.55. The van der Waals surface area contributed by atoms with E-state index in [0.29, 0.717) is 6.04 Å². The first-order chi connectivity index (χ1) is 9.65. The highest BCUT2D eigenvalue weighted by molar-refractivity contribution is 5.99. The monoisotopic (exact) mass is 275 g/mol. The summed E-state index contributed by atoms with van der Waals surface area (Å²) < 4.78 is 0. The van der Waals surface area contributed by atoms with Crippen molar-refractivity contribution in [1.29, 1.82) is 0 Å². The van der Waals surface area contributed by atoms with Gasteiger partial charge in [-0.2, -0.15) is 0 Å². The number of amides is 1. The van der Waals surface area contributed by atoms with Gasteiger partial charge in [0.1, 0.15) is 0 Å². The highest BCUT2D eigenvalue weighted by atomic mass is 16.1. The second-order valence-corrected chi connectivity index (χ2v) is 5.43. The fraction of sp³-hybridized carbons (Fsp3) is 0.562. The lowest BCUT2D eigenvalue weighted by Crippen LogP contribution is -2.40. The van der Waals surface area contributed by atoms with Gasteiger partial charge >= 0.3 is 0 Å². The lowest BCUT2D eigenvalue weighted by Gasteiger charge is -2.23. The molecule has 1 saturated heterocycles. The van der Waals surface area contributed by atoms with Crippen LogP contribution in [0.15, 0.2) is 18.2 Å². The van der Waals surface area contributed by atoms with Crippen molar-refractivity contribution in [3.05, 3.63) is 29.3 Å². The van der Waals surface area contributed by atoms with E-state index in [1.165, 1.54) is 12.8 Å². The lowest BCUT2D eigenvalue weighted by molar-refractivity contribution is 0.0942. The van der Waals surface area contributed by atoms with Gasteiger partial charge in [-0.25, -0.2) is 0 Å². The van der Waals surface area contributed by atoms with Crippen LogP contribution in [0.5, 0.6) is 0 Å². The van der Waals surface area contributed by atoms with Crippen LogP contribution in [-0.2, 0) is 0 Å². The summed E-state index contributed by atoms with van der Waals surface area (Å²) in [6, 6.07) is 6.36. The van der Waals surface area contributed by atoms with E-state index in [0.717, 1.165) is 36.4 Å². The molecule has 0 aromatic heterocycles. The Morgan fingerprint density at radius 1 is 1.45 bits per heavy atom. The molecule has 1 heterocycles. The van der Waals surface area contributed by atoms with Crippen LogP contribution in [0, 0.1) is 6.92 Å².